The van der Waals surface area contributed by atoms with E-state index >= 15 is 0 Å². The first-order chi connectivity index (χ1) is 9.70. The average Bonchev–Trinajstić information content (AvgIpc) is 2.81. The number of hydrogen-bond donors (Lipinski definition) is 2. The molecule has 1 aromatic heterocycles. The first-order valence-electron chi connectivity index (χ1n) is 6.62. The van der Waals surface area contributed by atoms with E-state index in [2.05, 4.69) is 5.32 Å². The van der Waals surface area contributed by atoms with E-state index < -0.39 is 0 Å². The number of carbonyl (C=O) groups is 1. The third-order valence-corrected chi connectivity index (χ3v) is 2.97. The van der Waals surface area contributed by atoms with Crippen LogP contribution in [-0.2, 0) is 16.0 Å². The maximum Gasteiger partial charge on any atom is 0.224 e. The van der Waals surface area contributed by atoms with Crippen LogP contribution in [0, 0.1) is 6.92 Å². The van der Waals surface area contributed by atoms with E-state index in [9.17, 15) is 4.79 Å². The molecule has 0 bridgehead atoms. The van der Waals surface area contributed by atoms with Crippen molar-refractivity contribution in [2.24, 2.45) is 0 Å². The number of amides is 1. The van der Waals surface area contributed by atoms with Gasteiger partial charge in [0.1, 0.15) is 5.58 Å². The van der Waals surface area contributed by atoms with Crippen LogP contribution in [0.2, 0.25) is 0 Å². The molecule has 5 nitrogen and oxygen atoms in total. The van der Waals surface area contributed by atoms with Crippen molar-refractivity contribution in [2.45, 2.75) is 13.3 Å². The van der Waals surface area contributed by atoms with Crippen LogP contribution >= 0.6 is 0 Å². The first-order valence-corrected chi connectivity index (χ1v) is 6.62. The predicted molar refractivity (Wildman–Crippen MR) is 75.6 cm³/mol. The molecule has 0 spiro atoms. The molecule has 0 saturated heterocycles. The number of rotatable bonds is 7. The highest BCUT2D eigenvalue weighted by Crippen LogP contribution is 2.22. The van der Waals surface area contributed by atoms with Gasteiger partial charge in [0.25, 0.3) is 0 Å². The lowest BCUT2D eigenvalue weighted by atomic mass is 10.1. The third kappa shape index (κ3) is 3.82. The SMILES string of the molecule is Cc1ccc2c(CC(=O)NCCOCCO)coc2c1. The Morgan fingerprint density at radius 2 is 2.25 bits per heavy atom. The molecule has 5 heteroatoms. The summed E-state index contributed by atoms with van der Waals surface area (Å²) in [6.45, 7) is 3.13. The average molecular weight is 277 g/mol. The summed E-state index contributed by atoms with van der Waals surface area (Å²) in [7, 11) is 0. The predicted octanol–water partition coefficient (Wildman–Crippen LogP) is 1.41. The second-order valence-corrected chi connectivity index (χ2v) is 4.62. The zero-order valence-electron chi connectivity index (χ0n) is 11.5. The van der Waals surface area contributed by atoms with Crippen LogP contribution in [0.5, 0.6) is 0 Å². The van der Waals surface area contributed by atoms with Gasteiger partial charge in [-0.3, -0.25) is 4.79 Å². The van der Waals surface area contributed by atoms with Crippen molar-refractivity contribution in [3.8, 4) is 0 Å². The van der Waals surface area contributed by atoms with Gasteiger partial charge >= 0.3 is 0 Å². The van der Waals surface area contributed by atoms with Gasteiger partial charge in [0.05, 0.1) is 32.5 Å². The summed E-state index contributed by atoms with van der Waals surface area (Å²) < 4.78 is 10.5. The van der Waals surface area contributed by atoms with Gasteiger partial charge < -0.3 is 19.6 Å². The maximum atomic E-state index is 11.8. The molecule has 1 heterocycles. The molecule has 0 atom stereocenters. The fraction of sp³-hybridized carbons (Fsp3) is 0.400. The Balaban J connectivity index is 1.87. The summed E-state index contributed by atoms with van der Waals surface area (Å²) in [6, 6.07) is 5.93. The molecular weight excluding hydrogens is 258 g/mol. The molecule has 1 amide bonds. The number of aliphatic hydroxyl groups excluding tert-OH is 1. The molecule has 108 valence electrons. The molecule has 0 fully saturated rings. The molecule has 20 heavy (non-hydrogen) atoms. The van der Waals surface area contributed by atoms with Crippen molar-refractivity contribution in [3.05, 3.63) is 35.6 Å². The van der Waals surface area contributed by atoms with Gasteiger partial charge in [-0.05, 0) is 18.6 Å². The summed E-state index contributed by atoms with van der Waals surface area (Å²) in [5.74, 6) is -0.0686. The van der Waals surface area contributed by atoms with E-state index in [1.165, 1.54) is 0 Å². The summed E-state index contributed by atoms with van der Waals surface area (Å²) in [5.41, 5.74) is 2.82. The maximum absolute atomic E-state index is 11.8. The number of hydrogen-bond acceptors (Lipinski definition) is 4. The lowest BCUT2D eigenvalue weighted by Crippen LogP contribution is -2.28. The molecule has 2 aromatic rings. The van der Waals surface area contributed by atoms with Crippen LogP contribution in [0.1, 0.15) is 11.1 Å². The number of aliphatic hydroxyl groups is 1. The normalized spacial score (nSPS) is 10.9. The number of furan rings is 1. The lowest BCUT2D eigenvalue weighted by molar-refractivity contribution is -0.120. The molecular formula is C15H19NO4. The van der Waals surface area contributed by atoms with Crippen LogP contribution in [0.3, 0.4) is 0 Å². The van der Waals surface area contributed by atoms with E-state index in [1.54, 1.807) is 6.26 Å². The van der Waals surface area contributed by atoms with Crippen molar-refractivity contribution < 1.29 is 19.1 Å². The highest BCUT2D eigenvalue weighted by Gasteiger charge is 2.10. The Morgan fingerprint density at radius 3 is 3.05 bits per heavy atom. The van der Waals surface area contributed by atoms with Gasteiger partial charge in [0.15, 0.2) is 0 Å². The monoisotopic (exact) mass is 277 g/mol. The smallest absolute Gasteiger partial charge is 0.224 e. The van der Waals surface area contributed by atoms with Crippen LogP contribution in [0.15, 0.2) is 28.9 Å². The molecule has 0 aliphatic carbocycles. The first kappa shape index (κ1) is 14.6. The third-order valence-electron chi connectivity index (χ3n) is 2.97. The summed E-state index contributed by atoms with van der Waals surface area (Å²) in [5, 5.41) is 12.3. The molecule has 0 saturated carbocycles. The molecule has 0 unspecified atom stereocenters. The van der Waals surface area contributed by atoms with E-state index in [0.29, 0.717) is 19.8 Å². The van der Waals surface area contributed by atoms with Crippen molar-refractivity contribution in [2.75, 3.05) is 26.4 Å². The van der Waals surface area contributed by atoms with E-state index in [4.69, 9.17) is 14.3 Å². The number of carbonyl (C=O) groups excluding carboxylic acids is 1. The highest BCUT2D eigenvalue weighted by molar-refractivity contribution is 5.87. The number of aryl methyl sites for hydroxylation is 1. The van der Waals surface area contributed by atoms with Gasteiger partial charge in [-0.1, -0.05) is 12.1 Å². The standard InChI is InChI=1S/C15H19NO4/c1-11-2-3-13-12(10-20-14(13)8-11)9-15(18)16-4-6-19-7-5-17/h2-3,8,10,17H,4-7,9H2,1H3,(H,16,18). The zero-order chi connectivity index (χ0) is 14.4. The second kappa shape index (κ2) is 7.07. The Bertz CT molecular complexity index is 576. The van der Waals surface area contributed by atoms with Crippen LogP contribution < -0.4 is 5.32 Å². The molecule has 0 aliphatic heterocycles. The molecule has 0 radical (unpaired) electrons. The van der Waals surface area contributed by atoms with Crippen LogP contribution in [0.25, 0.3) is 11.0 Å². The van der Waals surface area contributed by atoms with Gasteiger partial charge in [0, 0.05) is 17.5 Å². The molecule has 2 N–H and O–H groups in total. The summed E-state index contributed by atoms with van der Waals surface area (Å²) >= 11 is 0. The second-order valence-electron chi connectivity index (χ2n) is 4.62. The quantitative estimate of drug-likeness (QED) is 0.751. The summed E-state index contributed by atoms with van der Waals surface area (Å²) in [4.78, 5) is 11.8. The Morgan fingerprint density at radius 1 is 1.40 bits per heavy atom. The van der Waals surface area contributed by atoms with Gasteiger partial charge in [-0.15, -0.1) is 0 Å². The number of fused-ring (bicyclic) bond motifs is 1. The Kier molecular flexibility index (Phi) is 5.15. The Labute approximate surface area is 117 Å². The zero-order valence-corrected chi connectivity index (χ0v) is 11.5. The van der Waals surface area contributed by atoms with E-state index in [-0.39, 0.29) is 18.9 Å². The van der Waals surface area contributed by atoms with Gasteiger partial charge in [0.2, 0.25) is 5.91 Å². The molecule has 1 aromatic carbocycles. The number of nitrogens with one attached hydrogen (secondary N) is 1. The summed E-state index contributed by atoms with van der Waals surface area (Å²) in [6.07, 6.45) is 1.92. The van der Waals surface area contributed by atoms with Crippen molar-refractivity contribution >= 4 is 16.9 Å². The van der Waals surface area contributed by atoms with Crippen molar-refractivity contribution in [1.29, 1.82) is 0 Å². The topological polar surface area (TPSA) is 71.7 Å². The van der Waals surface area contributed by atoms with Gasteiger partial charge in [-0.25, -0.2) is 0 Å². The van der Waals surface area contributed by atoms with Crippen molar-refractivity contribution in [3.63, 3.8) is 0 Å². The van der Waals surface area contributed by atoms with E-state index in [1.807, 2.05) is 25.1 Å². The fourth-order valence-electron chi connectivity index (χ4n) is 1.99. The van der Waals surface area contributed by atoms with Crippen molar-refractivity contribution in [1.82, 2.24) is 5.32 Å². The minimum absolute atomic E-state index is 0.00558. The van der Waals surface area contributed by atoms with Crippen LogP contribution in [0.4, 0.5) is 0 Å². The Hall–Kier alpha value is -1.85. The van der Waals surface area contributed by atoms with Gasteiger partial charge in [-0.2, -0.15) is 0 Å². The minimum atomic E-state index is -0.0686. The highest BCUT2D eigenvalue weighted by atomic mass is 16.5. The van der Waals surface area contributed by atoms with E-state index in [0.717, 1.165) is 22.1 Å². The lowest BCUT2D eigenvalue weighted by Gasteiger charge is -2.05. The molecule has 2 rings (SSSR count). The number of ether oxygens (including phenoxy) is 1. The largest absolute Gasteiger partial charge is 0.464 e. The fourth-order valence-corrected chi connectivity index (χ4v) is 1.99. The van der Waals surface area contributed by atoms with Crippen LogP contribution in [-0.4, -0.2) is 37.4 Å². The minimum Gasteiger partial charge on any atom is -0.464 e. The number of benzene rings is 1. The molecule has 0 aliphatic rings.